The Morgan fingerprint density at radius 1 is 1.12 bits per heavy atom. The molecule has 0 atom stereocenters. The van der Waals surface area contributed by atoms with E-state index in [9.17, 15) is 17.6 Å². The first-order valence-corrected chi connectivity index (χ1v) is 11.8. The maximum atomic E-state index is 13.1. The van der Waals surface area contributed by atoms with Crippen LogP contribution in [0.1, 0.15) is 29.8 Å². The third-order valence-electron chi connectivity index (χ3n) is 5.14. The number of anilines is 2. The molecule has 0 radical (unpaired) electrons. The van der Waals surface area contributed by atoms with Gasteiger partial charge in [-0.05, 0) is 62.2 Å². The number of aryl methyl sites for hydroxylation is 2. The number of rotatable bonds is 9. The molecule has 8 nitrogen and oxygen atoms in total. The van der Waals surface area contributed by atoms with Crippen molar-refractivity contribution in [1.82, 2.24) is 9.78 Å². The lowest BCUT2D eigenvalue weighted by atomic mass is 10.1. The van der Waals surface area contributed by atoms with Crippen molar-refractivity contribution >= 4 is 27.3 Å². The third-order valence-corrected chi connectivity index (χ3v) is 6.52. The summed E-state index contributed by atoms with van der Waals surface area (Å²) in [5, 5.41) is 16.0. The second kappa shape index (κ2) is 10.3. The minimum absolute atomic E-state index is 0.0932. The predicted molar refractivity (Wildman–Crippen MR) is 123 cm³/mol. The maximum absolute atomic E-state index is 13.1. The van der Waals surface area contributed by atoms with E-state index in [1.807, 2.05) is 13.8 Å². The van der Waals surface area contributed by atoms with Crippen LogP contribution in [0.15, 0.2) is 53.4 Å². The molecule has 2 N–H and O–H groups in total. The van der Waals surface area contributed by atoms with Crippen LogP contribution in [-0.2, 0) is 27.8 Å². The Kier molecular flexibility index (Phi) is 7.45. The number of amides is 1. The Morgan fingerprint density at radius 3 is 2.45 bits per heavy atom. The van der Waals surface area contributed by atoms with E-state index in [2.05, 4.69) is 21.2 Å². The molecular weight excluding hydrogens is 445 g/mol. The number of carbonyl (C=O) groups excluding carboxylic acids is 1. The van der Waals surface area contributed by atoms with Gasteiger partial charge in [-0.25, -0.2) is 12.8 Å². The lowest BCUT2D eigenvalue weighted by Gasteiger charge is -2.13. The number of para-hydroxylation sites is 2. The van der Waals surface area contributed by atoms with E-state index in [1.165, 1.54) is 18.2 Å². The number of nitriles is 1. The lowest BCUT2D eigenvalue weighted by molar-refractivity contribution is -0.116. The summed E-state index contributed by atoms with van der Waals surface area (Å²) in [6, 6.07) is 13.0. The first kappa shape index (κ1) is 23.9. The molecule has 0 spiro atoms. The molecule has 0 aliphatic heterocycles. The average molecular weight is 470 g/mol. The molecule has 1 heterocycles. The van der Waals surface area contributed by atoms with Crippen LogP contribution in [0.4, 0.5) is 15.8 Å². The number of aromatic nitrogens is 2. The Morgan fingerprint density at radius 2 is 1.79 bits per heavy atom. The van der Waals surface area contributed by atoms with Gasteiger partial charge < -0.3 is 5.32 Å². The van der Waals surface area contributed by atoms with Gasteiger partial charge in [0, 0.05) is 12.1 Å². The van der Waals surface area contributed by atoms with Crippen molar-refractivity contribution in [1.29, 1.82) is 5.26 Å². The van der Waals surface area contributed by atoms with Gasteiger partial charge in [0.2, 0.25) is 5.91 Å². The minimum atomic E-state index is -3.96. The average Bonchev–Trinajstić information content (AvgIpc) is 3.04. The third kappa shape index (κ3) is 5.96. The summed E-state index contributed by atoms with van der Waals surface area (Å²) in [5.74, 6) is -0.824. The van der Waals surface area contributed by atoms with Gasteiger partial charge in [0.15, 0.2) is 0 Å². The quantitative estimate of drug-likeness (QED) is 0.493. The molecule has 1 amide bonds. The van der Waals surface area contributed by atoms with Crippen molar-refractivity contribution in [2.45, 2.75) is 44.6 Å². The predicted octanol–water partition coefficient (Wildman–Crippen LogP) is 3.92. The number of nitrogens with zero attached hydrogens (tertiary/aromatic N) is 3. The first-order valence-electron chi connectivity index (χ1n) is 10.3. The van der Waals surface area contributed by atoms with E-state index in [0.29, 0.717) is 25.1 Å². The molecule has 0 fully saturated rings. The Balaban J connectivity index is 1.69. The maximum Gasteiger partial charge on any atom is 0.261 e. The fourth-order valence-corrected chi connectivity index (χ4v) is 4.50. The number of nitrogens with one attached hydrogen (secondary N) is 2. The zero-order chi connectivity index (χ0) is 24.0. The highest BCUT2D eigenvalue weighted by molar-refractivity contribution is 7.92. The molecule has 33 heavy (non-hydrogen) atoms. The van der Waals surface area contributed by atoms with Crippen molar-refractivity contribution in [3.63, 3.8) is 0 Å². The van der Waals surface area contributed by atoms with Gasteiger partial charge in [0.25, 0.3) is 10.0 Å². The Hall–Kier alpha value is -3.71. The van der Waals surface area contributed by atoms with Crippen molar-refractivity contribution < 1.29 is 17.6 Å². The van der Waals surface area contributed by atoms with E-state index in [0.717, 1.165) is 29.1 Å². The number of hydrogen-bond donors (Lipinski definition) is 2. The number of sulfonamides is 1. The van der Waals surface area contributed by atoms with E-state index in [4.69, 9.17) is 5.26 Å². The topological polar surface area (TPSA) is 117 Å². The fourth-order valence-electron chi connectivity index (χ4n) is 3.42. The van der Waals surface area contributed by atoms with Crippen molar-refractivity contribution in [2.24, 2.45) is 0 Å². The van der Waals surface area contributed by atoms with Gasteiger partial charge in [-0.15, -0.1) is 0 Å². The van der Waals surface area contributed by atoms with Crippen LogP contribution in [-0.4, -0.2) is 24.1 Å². The van der Waals surface area contributed by atoms with Crippen LogP contribution in [0.3, 0.4) is 0 Å². The normalized spacial score (nSPS) is 11.1. The van der Waals surface area contributed by atoms with Gasteiger partial charge in [0.05, 0.1) is 41.0 Å². The molecule has 0 bridgehead atoms. The standard InChI is InChI=1S/C23H24FN5O3S/c1-16-20(17(2)29(27-16)15-5-14-25)12-13-23(30)26-21-6-3-4-7-22(21)28-33(31,32)19-10-8-18(24)9-11-19/h3-4,6-11,28H,5,12-13,15H2,1-2H3,(H,26,30). The van der Waals surface area contributed by atoms with Crippen molar-refractivity contribution in [2.75, 3.05) is 10.0 Å². The molecule has 3 rings (SSSR count). The van der Waals surface area contributed by atoms with Crippen LogP contribution >= 0.6 is 0 Å². The summed E-state index contributed by atoms with van der Waals surface area (Å²) in [6.45, 7) is 4.27. The summed E-state index contributed by atoms with van der Waals surface area (Å²) in [4.78, 5) is 12.5. The number of halogens is 1. The van der Waals surface area contributed by atoms with Gasteiger partial charge >= 0.3 is 0 Å². The Bertz CT molecular complexity index is 1290. The van der Waals surface area contributed by atoms with E-state index in [-0.39, 0.29) is 22.9 Å². The molecule has 0 unspecified atom stereocenters. The van der Waals surface area contributed by atoms with Crippen LogP contribution in [0.25, 0.3) is 0 Å². The zero-order valence-electron chi connectivity index (χ0n) is 18.3. The van der Waals surface area contributed by atoms with Crippen LogP contribution in [0, 0.1) is 31.0 Å². The highest BCUT2D eigenvalue weighted by Gasteiger charge is 2.18. The van der Waals surface area contributed by atoms with E-state index < -0.39 is 15.8 Å². The SMILES string of the molecule is Cc1nn(CCC#N)c(C)c1CCC(=O)Nc1ccccc1NS(=O)(=O)c1ccc(F)cc1. The van der Waals surface area contributed by atoms with Gasteiger partial charge in [-0.3, -0.25) is 14.2 Å². The highest BCUT2D eigenvalue weighted by atomic mass is 32.2. The second-order valence-electron chi connectivity index (χ2n) is 7.43. The van der Waals surface area contributed by atoms with Crippen LogP contribution < -0.4 is 10.0 Å². The molecule has 0 saturated heterocycles. The number of benzene rings is 2. The number of hydrogen-bond acceptors (Lipinski definition) is 5. The molecule has 0 aliphatic rings. The zero-order valence-corrected chi connectivity index (χ0v) is 19.1. The molecule has 10 heteroatoms. The largest absolute Gasteiger partial charge is 0.324 e. The number of carbonyl (C=O) groups is 1. The minimum Gasteiger partial charge on any atom is -0.324 e. The Labute approximate surface area is 192 Å². The van der Waals surface area contributed by atoms with Crippen molar-refractivity contribution in [3.05, 3.63) is 71.3 Å². The molecule has 3 aromatic rings. The first-order chi connectivity index (χ1) is 15.7. The molecule has 2 aromatic carbocycles. The summed E-state index contributed by atoms with van der Waals surface area (Å²) in [7, 11) is -3.96. The molecule has 0 saturated carbocycles. The van der Waals surface area contributed by atoms with Gasteiger partial charge in [-0.1, -0.05) is 12.1 Å². The van der Waals surface area contributed by atoms with E-state index in [1.54, 1.807) is 22.9 Å². The lowest BCUT2D eigenvalue weighted by Crippen LogP contribution is -2.17. The molecule has 0 aliphatic carbocycles. The van der Waals surface area contributed by atoms with Crippen molar-refractivity contribution in [3.8, 4) is 6.07 Å². The van der Waals surface area contributed by atoms with E-state index >= 15 is 0 Å². The summed E-state index contributed by atoms with van der Waals surface area (Å²) in [6.07, 6.45) is 0.983. The fraction of sp³-hybridized carbons (Fsp3) is 0.261. The van der Waals surface area contributed by atoms with Gasteiger partial charge in [-0.2, -0.15) is 10.4 Å². The molecule has 1 aromatic heterocycles. The molecule has 172 valence electrons. The van der Waals surface area contributed by atoms with Gasteiger partial charge in [0.1, 0.15) is 5.82 Å². The summed E-state index contributed by atoms with van der Waals surface area (Å²) in [5.41, 5.74) is 3.19. The second-order valence-corrected chi connectivity index (χ2v) is 9.12. The van der Waals surface area contributed by atoms with Crippen LogP contribution in [0.5, 0.6) is 0 Å². The molecular formula is C23H24FN5O3S. The monoisotopic (exact) mass is 469 g/mol. The smallest absolute Gasteiger partial charge is 0.261 e. The summed E-state index contributed by atoms with van der Waals surface area (Å²) >= 11 is 0. The summed E-state index contributed by atoms with van der Waals surface area (Å²) < 4.78 is 42.6. The van der Waals surface area contributed by atoms with Crippen LogP contribution in [0.2, 0.25) is 0 Å². The highest BCUT2D eigenvalue weighted by Crippen LogP contribution is 2.25.